The van der Waals surface area contributed by atoms with E-state index in [2.05, 4.69) is 0 Å². The van der Waals surface area contributed by atoms with Crippen LogP contribution < -0.4 is 0 Å². The minimum absolute atomic E-state index is 0.185. The van der Waals surface area contributed by atoms with Crippen LogP contribution in [0.15, 0.2) is 35.5 Å². The molecular weight excluding hydrogens is 208 g/mol. The number of carboxylic acid groups (broad SMARTS) is 1. The lowest BCUT2D eigenvalue weighted by Gasteiger charge is -2.05. The Hall–Kier alpha value is -1.84. The number of carbonyl (C=O) groups is 2. The summed E-state index contributed by atoms with van der Waals surface area (Å²) in [5.74, 6) is -1.59. The molecule has 0 aromatic heterocycles. The second-order valence-corrected chi connectivity index (χ2v) is 3.33. The summed E-state index contributed by atoms with van der Waals surface area (Å²) < 4.78 is 4.80. The summed E-state index contributed by atoms with van der Waals surface area (Å²) in [7, 11) is 0. The molecule has 0 unspecified atom stereocenters. The van der Waals surface area contributed by atoms with E-state index >= 15 is 0 Å². The zero-order valence-corrected chi connectivity index (χ0v) is 9.10. The first-order chi connectivity index (χ1) is 7.63. The van der Waals surface area contributed by atoms with Gasteiger partial charge in [-0.05, 0) is 25.0 Å². The van der Waals surface area contributed by atoms with Crippen LogP contribution in [0.25, 0.3) is 0 Å². The van der Waals surface area contributed by atoms with E-state index in [1.165, 1.54) is 0 Å². The zero-order valence-electron chi connectivity index (χ0n) is 9.10. The van der Waals surface area contributed by atoms with Gasteiger partial charge in [-0.15, -0.1) is 0 Å². The van der Waals surface area contributed by atoms with E-state index < -0.39 is 11.9 Å². The quantitative estimate of drug-likeness (QED) is 0.569. The number of carboxylic acids is 1. The zero-order chi connectivity index (χ0) is 12.0. The van der Waals surface area contributed by atoms with Gasteiger partial charge >= 0.3 is 11.9 Å². The van der Waals surface area contributed by atoms with Crippen molar-refractivity contribution in [2.75, 3.05) is 6.61 Å². The third-order valence-electron chi connectivity index (χ3n) is 2.04. The predicted octanol–water partition coefficient (Wildman–Crippen LogP) is 1.84. The minimum atomic E-state index is -1.04. The Bertz CT molecular complexity index is 374. The van der Waals surface area contributed by atoms with Crippen LogP contribution in [0.5, 0.6) is 0 Å². The molecule has 0 spiro atoms. The molecule has 0 saturated heterocycles. The third-order valence-corrected chi connectivity index (χ3v) is 2.04. The van der Waals surface area contributed by atoms with Crippen molar-refractivity contribution in [1.82, 2.24) is 0 Å². The van der Waals surface area contributed by atoms with Crippen molar-refractivity contribution in [3.05, 3.63) is 35.5 Å². The molecule has 0 saturated carbocycles. The lowest BCUT2D eigenvalue weighted by Crippen LogP contribution is -2.11. The molecule has 4 nitrogen and oxygen atoms in total. The van der Waals surface area contributed by atoms with Gasteiger partial charge in [-0.2, -0.15) is 0 Å². The molecular formula is C12H14O4. The third kappa shape index (κ3) is 3.73. The SMILES string of the molecule is CCOC(=O)C(=CC1=CC=CC1)CC(=O)O. The Morgan fingerprint density at radius 2 is 2.31 bits per heavy atom. The summed E-state index contributed by atoms with van der Waals surface area (Å²) in [5, 5.41) is 8.69. The molecule has 86 valence electrons. The number of rotatable bonds is 5. The van der Waals surface area contributed by atoms with E-state index in [9.17, 15) is 9.59 Å². The number of hydrogen-bond acceptors (Lipinski definition) is 3. The molecule has 0 fully saturated rings. The molecule has 1 aliphatic rings. The van der Waals surface area contributed by atoms with Gasteiger partial charge in [0, 0.05) is 5.57 Å². The van der Waals surface area contributed by atoms with Gasteiger partial charge in [-0.1, -0.05) is 18.2 Å². The van der Waals surface area contributed by atoms with Crippen molar-refractivity contribution in [2.45, 2.75) is 19.8 Å². The standard InChI is InChI=1S/C12H14O4/c1-2-16-12(15)10(8-11(13)14)7-9-5-3-4-6-9/h3-5,7H,2,6,8H2,1H3,(H,13,14). The van der Waals surface area contributed by atoms with Gasteiger partial charge in [-0.3, -0.25) is 4.79 Å². The fraction of sp³-hybridized carbons (Fsp3) is 0.333. The van der Waals surface area contributed by atoms with Crippen LogP contribution in [0, 0.1) is 0 Å². The van der Waals surface area contributed by atoms with Crippen molar-refractivity contribution in [3.8, 4) is 0 Å². The molecule has 0 aliphatic heterocycles. The Kier molecular flexibility index (Phi) is 4.51. The second-order valence-electron chi connectivity index (χ2n) is 3.33. The van der Waals surface area contributed by atoms with Crippen LogP contribution >= 0.6 is 0 Å². The highest BCUT2D eigenvalue weighted by Crippen LogP contribution is 2.16. The number of allylic oxidation sites excluding steroid dienone is 5. The topological polar surface area (TPSA) is 63.6 Å². The van der Waals surface area contributed by atoms with Gasteiger partial charge in [0.25, 0.3) is 0 Å². The molecule has 1 N–H and O–H groups in total. The molecule has 4 heteroatoms. The van der Waals surface area contributed by atoms with E-state index in [0.29, 0.717) is 0 Å². The first kappa shape index (κ1) is 12.2. The molecule has 0 radical (unpaired) electrons. The van der Waals surface area contributed by atoms with Crippen LogP contribution in [-0.2, 0) is 14.3 Å². The fourth-order valence-electron chi connectivity index (χ4n) is 1.36. The van der Waals surface area contributed by atoms with Gasteiger partial charge < -0.3 is 9.84 Å². The largest absolute Gasteiger partial charge is 0.481 e. The molecule has 1 rings (SSSR count). The van der Waals surface area contributed by atoms with Crippen molar-refractivity contribution in [2.24, 2.45) is 0 Å². The van der Waals surface area contributed by atoms with Crippen LogP contribution in [0.2, 0.25) is 0 Å². The molecule has 0 bridgehead atoms. The monoisotopic (exact) mass is 222 g/mol. The van der Waals surface area contributed by atoms with Crippen molar-refractivity contribution in [3.63, 3.8) is 0 Å². The average molecular weight is 222 g/mol. The highest BCUT2D eigenvalue weighted by Gasteiger charge is 2.15. The Morgan fingerprint density at radius 3 is 2.81 bits per heavy atom. The summed E-state index contributed by atoms with van der Waals surface area (Å²) in [6.45, 7) is 1.93. The highest BCUT2D eigenvalue weighted by atomic mass is 16.5. The number of aliphatic carboxylic acids is 1. The Balaban J connectivity index is 2.77. The maximum atomic E-state index is 11.5. The minimum Gasteiger partial charge on any atom is -0.481 e. The number of esters is 1. The fourth-order valence-corrected chi connectivity index (χ4v) is 1.36. The van der Waals surface area contributed by atoms with Crippen molar-refractivity contribution < 1.29 is 19.4 Å². The van der Waals surface area contributed by atoms with Crippen LogP contribution in [0.4, 0.5) is 0 Å². The highest BCUT2D eigenvalue weighted by molar-refractivity contribution is 5.94. The van der Waals surface area contributed by atoms with Crippen molar-refractivity contribution in [1.29, 1.82) is 0 Å². The summed E-state index contributed by atoms with van der Waals surface area (Å²) in [6.07, 6.45) is 7.66. The van der Waals surface area contributed by atoms with E-state index in [1.54, 1.807) is 13.0 Å². The second kappa shape index (κ2) is 5.90. The van der Waals surface area contributed by atoms with Crippen LogP contribution in [0.3, 0.4) is 0 Å². The van der Waals surface area contributed by atoms with E-state index in [0.717, 1.165) is 12.0 Å². The smallest absolute Gasteiger partial charge is 0.334 e. The molecule has 1 aliphatic carbocycles. The van der Waals surface area contributed by atoms with Crippen LogP contribution in [0.1, 0.15) is 19.8 Å². The maximum absolute atomic E-state index is 11.5. The first-order valence-electron chi connectivity index (χ1n) is 5.08. The summed E-state index contributed by atoms with van der Waals surface area (Å²) in [4.78, 5) is 22.1. The average Bonchev–Trinajstić information content (AvgIpc) is 2.69. The van der Waals surface area contributed by atoms with Gasteiger partial charge in [0.1, 0.15) is 0 Å². The lowest BCUT2D eigenvalue weighted by atomic mass is 10.1. The first-order valence-corrected chi connectivity index (χ1v) is 5.08. The molecule has 0 aromatic carbocycles. The van der Waals surface area contributed by atoms with Gasteiger partial charge in [0.05, 0.1) is 13.0 Å². The number of ether oxygens (including phenoxy) is 1. The Morgan fingerprint density at radius 1 is 1.56 bits per heavy atom. The number of carbonyl (C=O) groups excluding carboxylic acids is 1. The lowest BCUT2D eigenvalue weighted by molar-refractivity contribution is -0.142. The van der Waals surface area contributed by atoms with Gasteiger partial charge in [0.2, 0.25) is 0 Å². The van der Waals surface area contributed by atoms with E-state index in [1.807, 2.05) is 18.2 Å². The van der Waals surface area contributed by atoms with E-state index in [-0.39, 0.29) is 18.6 Å². The van der Waals surface area contributed by atoms with Gasteiger partial charge in [-0.25, -0.2) is 4.79 Å². The molecule has 0 aromatic rings. The Labute approximate surface area is 93.9 Å². The molecule has 0 atom stereocenters. The molecule has 0 heterocycles. The van der Waals surface area contributed by atoms with Crippen molar-refractivity contribution >= 4 is 11.9 Å². The van der Waals surface area contributed by atoms with Crippen LogP contribution in [-0.4, -0.2) is 23.7 Å². The number of hydrogen-bond donors (Lipinski definition) is 1. The molecule has 0 amide bonds. The van der Waals surface area contributed by atoms with E-state index in [4.69, 9.17) is 9.84 Å². The van der Waals surface area contributed by atoms with Gasteiger partial charge in [0.15, 0.2) is 0 Å². The maximum Gasteiger partial charge on any atom is 0.334 e. The molecule has 16 heavy (non-hydrogen) atoms. The summed E-state index contributed by atoms with van der Waals surface area (Å²) >= 11 is 0. The normalized spacial score (nSPS) is 14.8. The summed E-state index contributed by atoms with van der Waals surface area (Å²) in [6, 6.07) is 0. The summed E-state index contributed by atoms with van der Waals surface area (Å²) in [5.41, 5.74) is 1.11. The predicted molar refractivity (Wildman–Crippen MR) is 58.8 cm³/mol.